The molecule has 0 radical (unpaired) electrons. The lowest BCUT2D eigenvalue weighted by atomic mass is 10.1. The van der Waals surface area contributed by atoms with E-state index in [0.29, 0.717) is 11.6 Å². The number of nitrogens with one attached hydrogen (secondary N) is 2. The molecule has 1 heterocycles. The van der Waals surface area contributed by atoms with Crippen molar-refractivity contribution in [3.8, 4) is 11.3 Å². The Morgan fingerprint density at radius 3 is 2.43 bits per heavy atom. The van der Waals surface area contributed by atoms with Crippen LogP contribution in [0.15, 0.2) is 29.1 Å². The zero-order valence-electron chi connectivity index (χ0n) is 14.1. The van der Waals surface area contributed by atoms with Crippen LogP contribution in [0.3, 0.4) is 0 Å². The van der Waals surface area contributed by atoms with E-state index in [1.807, 2.05) is 31.2 Å². The highest BCUT2D eigenvalue weighted by atomic mass is 16.1. The molecule has 1 aromatic heterocycles. The van der Waals surface area contributed by atoms with Crippen LogP contribution in [0.4, 0.5) is 5.95 Å². The van der Waals surface area contributed by atoms with Gasteiger partial charge in [-0.25, -0.2) is 0 Å². The maximum absolute atomic E-state index is 12.2. The molecule has 0 saturated carbocycles. The SMILES string of the molecule is CCN(CC)CCCNc1nnc(-c2ccc(C)cc2)c(=O)[nH]1. The Morgan fingerprint density at radius 2 is 1.83 bits per heavy atom. The predicted octanol–water partition coefficient (Wildman–Crippen LogP) is 2.28. The summed E-state index contributed by atoms with van der Waals surface area (Å²) in [5.74, 6) is 0.422. The zero-order valence-corrected chi connectivity index (χ0v) is 14.1. The molecule has 0 aliphatic heterocycles. The summed E-state index contributed by atoms with van der Waals surface area (Å²) in [6.07, 6.45) is 0.991. The number of aryl methyl sites for hydroxylation is 1. The van der Waals surface area contributed by atoms with Crippen LogP contribution in [0.5, 0.6) is 0 Å². The molecule has 2 N–H and O–H groups in total. The van der Waals surface area contributed by atoms with Crippen LogP contribution in [0.1, 0.15) is 25.8 Å². The Hall–Kier alpha value is -2.21. The first-order valence-corrected chi connectivity index (χ1v) is 8.14. The third-order valence-corrected chi connectivity index (χ3v) is 3.86. The van der Waals surface area contributed by atoms with Crippen LogP contribution in [-0.4, -0.2) is 46.3 Å². The van der Waals surface area contributed by atoms with Crippen LogP contribution >= 0.6 is 0 Å². The average molecular weight is 315 g/mol. The second-order valence-corrected chi connectivity index (χ2v) is 5.52. The van der Waals surface area contributed by atoms with Gasteiger partial charge in [0, 0.05) is 12.1 Å². The van der Waals surface area contributed by atoms with Crippen molar-refractivity contribution in [2.75, 3.05) is 31.5 Å². The van der Waals surface area contributed by atoms with Gasteiger partial charge in [0.15, 0.2) is 5.69 Å². The Morgan fingerprint density at radius 1 is 1.13 bits per heavy atom. The minimum atomic E-state index is -0.227. The molecule has 6 nitrogen and oxygen atoms in total. The fraction of sp³-hybridized carbons (Fsp3) is 0.471. The van der Waals surface area contributed by atoms with Crippen molar-refractivity contribution < 1.29 is 0 Å². The summed E-state index contributed by atoms with van der Waals surface area (Å²) >= 11 is 0. The van der Waals surface area contributed by atoms with E-state index in [-0.39, 0.29) is 5.56 Å². The average Bonchev–Trinajstić information content (AvgIpc) is 2.56. The summed E-state index contributed by atoms with van der Waals surface area (Å²) in [4.78, 5) is 17.3. The van der Waals surface area contributed by atoms with Gasteiger partial charge in [-0.3, -0.25) is 9.78 Å². The van der Waals surface area contributed by atoms with Crippen LogP contribution < -0.4 is 10.9 Å². The number of rotatable bonds is 8. The molecule has 0 bridgehead atoms. The Bertz CT molecular complexity index is 661. The van der Waals surface area contributed by atoms with E-state index in [4.69, 9.17) is 0 Å². The van der Waals surface area contributed by atoms with E-state index in [9.17, 15) is 4.79 Å². The first-order chi connectivity index (χ1) is 11.1. The highest BCUT2D eigenvalue weighted by Gasteiger charge is 2.07. The molecule has 0 saturated heterocycles. The Balaban J connectivity index is 1.94. The molecule has 6 heteroatoms. The van der Waals surface area contributed by atoms with Crippen LogP contribution in [0, 0.1) is 6.92 Å². The third-order valence-electron chi connectivity index (χ3n) is 3.86. The van der Waals surface area contributed by atoms with Crippen LogP contribution in [-0.2, 0) is 0 Å². The smallest absolute Gasteiger partial charge is 0.279 e. The van der Waals surface area contributed by atoms with Gasteiger partial charge < -0.3 is 10.2 Å². The second kappa shape index (κ2) is 8.43. The third kappa shape index (κ3) is 4.89. The van der Waals surface area contributed by atoms with Crippen molar-refractivity contribution in [2.45, 2.75) is 27.2 Å². The van der Waals surface area contributed by atoms with Crippen molar-refractivity contribution >= 4 is 5.95 Å². The van der Waals surface area contributed by atoms with Gasteiger partial charge in [0.1, 0.15) is 0 Å². The van der Waals surface area contributed by atoms with Crippen molar-refractivity contribution in [3.63, 3.8) is 0 Å². The molecule has 124 valence electrons. The number of anilines is 1. The van der Waals surface area contributed by atoms with Gasteiger partial charge in [-0.2, -0.15) is 0 Å². The minimum absolute atomic E-state index is 0.227. The van der Waals surface area contributed by atoms with Gasteiger partial charge in [-0.15, -0.1) is 10.2 Å². The summed E-state index contributed by atoms with van der Waals surface area (Å²) in [7, 11) is 0. The molecule has 0 amide bonds. The van der Waals surface area contributed by atoms with E-state index in [1.54, 1.807) is 0 Å². The van der Waals surface area contributed by atoms with Crippen LogP contribution in [0.2, 0.25) is 0 Å². The van der Waals surface area contributed by atoms with Crippen molar-refractivity contribution in [3.05, 3.63) is 40.2 Å². The van der Waals surface area contributed by atoms with Gasteiger partial charge in [-0.1, -0.05) is 43.7 Å². The number of hydrogen-bond donors (Lipinski definition) is 2. The second-order valence-electron chi connectivity index (χ2n) is 5.52. The lowest BCUT2D eigenvalue weighted by molar-refractivity contribution is 0.303. The minimum Gasteiger partial charge on any atom is -0.354 e. The fourth-order valence-corrected chi connectivity index (χ4v) is 2.37. The number of aromatic nitrogens is 3. The summed E-state index contributed by atoms with van der Waals surface area (Å²) in [5, 5.41) is 11.2. The van der Waals surface area contributed by atoms with E-state index < -0.39 is 0 Å². The highest BCUT2D eigenvalue weighted by molar-refractivity contribution is 5.58. The number of aromatic amines is 1. The molecule has 0 aliphatic rings. The topological polar surface area (TPSA) is 73.9 Å². The number of benzene rings is 1. The molecule has 2 aromatic rings. The molecule has 0 aliphatic carbocycles. The maximum Gasteiger partial charge on any atom is 0.279 e. The van der Waals surface area contributed by atoms with E-state index in [2.05, 4.69) is 39.2 Å². The van der Waals surface area contributed by atoms with E-state index in [1.165, 1.54) is 0 Å². The van der Waals surface area contributed by atoms with Gasteiger partial charge in [-0.05, 0) is 33.0 Å². The molecule has 2 rings (SSSR count). The first-order valence-electron chi connectivity index (χ1n) is 8.14. The summed E-state index contributed by atoms with van der Waals surface area (Å²) in [6, 6.07) is 7.67. The molecule has 0 spiro atoms. The highest BCUT2D eigenvalue weighted by Crippen LogP contribution is 2.13. The number of H-pyrrole nitrogens is 1. The summed E-state index contributed by atoms with van der Waals surface area (Å²) in [5.41, 5.74) is 2.04. The molecular formula is C17H25N5O. The molecule has 0 unspecified atom stereocenters. The van der Waals surface area contributed by atoms with Gasteiger partial charge in [0.05, 0.1) is 0 Å². The Kier molecular flexibility index (Phi) is 6.29. The Labute approximate surface area is 137 Å². The molecule has 23 heavy (non-hydrogen) atoms. The van der Waals surface area contributed by atoms with Crippen molar-refractivity contribution in [1.29, 1.82) is 0 Å². The number of nitrogens with zero attached hydrogens (tertiary/aromatic N) is 3. The van der Waals surface area contributed by atoms with Crippen molar-refractivity contribution in [1.82, 2.24) is 20.1 Å². The summed E-state index contributed by atoms with van der Waals surface area (Å²) < 4.78 is 0. The quantitative estimate of drug-likeness (QED) is 0.731. The largest absolute Gasteiger partial charge is 0.354 e. The van der Waals surface area contributed by atoms with Gasteiger partial charge in [0.25, 0.3) is 5.56 Å². The first kappa shape index (κ1) is 17.1. The summed E-state index contributed by atoms with van der Waals surface area (Å²) in [6.45, 7) is 10.2. The van der Waals surface area contributed by atoms with Gasteiger partial charge >= 0.3 is 0 Å². The lowest BCUT2D eigenvalue weighted by Crippen LogP contribution is -2.26. The van der Waals surface area contributed by atoms with Crippen molar-refractivity contribution in [2.24, 2.45) is 0 Å². The van der Waals surface area contributed by atoms with Crippen LogP contribution in [0.25, 0.3) is 11.3 Å². The molecule has 0 atom stereocenters. The predicted molar refractivity (Wildman–Crippen MR) is 93.7 cm³/mol. The van der Waals surface area contributed by atoms with E-state index >= 15 is 0 Å². The standard InChI is InChI=1S/C17H25N5O/c1-4-22(5-2)12-6-11-18-17-19-16(23)15(20-21-17)14-9-7-13(3)8-10-14/h7-10H,4-6,11-12H2,1-3H3,(H2,18,19,21,23). The monoisotopic (exact) mass is 315 g/mol. The molecule has 0 fully saturated rings. The lowest BCUT2D eigenvalue weighted by Gasteiger charge is -2.17. The normalized spacial score (nSPS) is 11.0. The number of hydrogen-bond acceptors (Lipinski definition) is 5. The maximum atomic E-state index is 12.2. The molecule has 1 aromatic carbocycles. The van der Waals surface area contributed by atoms with Gasteiger partial charge in [0.2, 0.25) is 5.95 Å². The fourth-order valence-electron chi connectivity index (χ4n) is 2.37. The van der Waals surface area contributed by atoms with E-state index in [0.717, 1.165) is 43.7 Å². The molecular weight excluding hydrogens is 290 g/mol. The zero-order chi connectivity index (χ0) is 16.7.